The maximum atomic E-state index is 12.7. The van der Waals surface area contributed by atoms with Crippen LogP contribution in [0.5, 0.6) is 0 Å². The Balaban J connectivity index is 1.60. The fourth-order valence-corrected chi connectivity index (χ4v) is 3.79. The van der Waals surface area contributed by atoms with E-state index in [1.165, 1.54) is 19.6 Å². The van der Waals surface area contributed by atoms with Crippen molar-refractivity contribution in [2.75, 3.05) is 12.4 Å². The van der Waals surface area contributed by atoms with Crippen LogP contribution in [0.15, 0.2) is 54.7 Å². The third-order valence-corrected chi connectivity index (χ3v) is 5.42. The fourth-order valence-electron chi connectivity index (χ4n) is 3.79. The van der Waals surface area contributed by atoms with Crippen molar-refractivity contribution in [3.05, 3.63) is 65.9 Å². The molecule has 6 nitrogen and oxygen atoms in total. The van der Waals surface area contributed by atoms with Gasteiger partial charge in [-0.3, -0.25) is 14.4 Å². The van der Waals surface area contributed by atoms with Crippen LogP contribution in [0, 0.1) is 5.92 Å². The number of hydrogen-bond donors (Lipinski definition) is 1. The first-order valence-electron chi connectivity index (χ1n) is 9.54. The van der Waals surface area contributed by atoms with Gasteiger partial charge in [0.2, 0.25) is 5.91 Å². The van der Waals surface area contributed by atoms with Crippen LogP contribution in [0.3, 0.4) is 0 Å². The van der Waals surface area contributed by atoms with E-state index in [9.17, 15) is 14.4 Å². The van der Waals surface area contributed by atoms with Gasteiger partial charge in [0.05, 0.1) is 12.6 Å². The quantitative estimate of drug-likeness (QED) is 0.514. The highest BCUT2D eigenvalue weighted by Gasteiger charge is 2.43. The monoisotopic (exact) mass is 390 g/mol. The molecule has 6 heteroatoms. The molecule has 0 spiro atoms. The summed E-state index contributed by atoms with van der Waals surface area (Å²) in [5, 5.41) is 3.70. The van der Waals surface area contributed by atoms with Gasteiger partial charge in [-0.2, -0.15) is 0 Å². The molecule has 1 aliphatic carbocycles. The van der Waals surface area contributed by atoms with E-state index in [1.807, 2.05) is 30.3 Å². The molecule has 2 unspecified atom stereocenters. The Labute approximate surface area is 168 Å². The summed E-state index contributed by atoms with van der Waals surface area (Å²) in [6.07, 6.45) is 2.56. The summed E-state index contributed by atoms with van der Waals surface area (Å²) in [6.45, 7) is 1.53. The molecule has 1 amide bonds. The molecule has 4 rings (SSSR count). The van der Waals surface area contributed by atoms with Crippen molar-refractivity contribution in [3.8, 4) is 0 Å². The molecule has 1 fully saturated rings. The molecule has 1 N–H and O–H groups in total. The van der Waals surface area contributed by atoms with E-state index in [-0.39, 0.29) is 36.0 Å². The Hall–Kier alpha value is -3.41. The number of nitrogens with one attached hydrogen (secondary N) is 1. The SMILES string of the molecule is COC(=O)Cn1ccc2c(C(C)=O)cc(NC(=O)C3CC3c3ccccc3)cc21. The lowest BCUT2D eigenvalue weighted by molar-refractivity contribution is -0.141. The number of benzene rings is 2. The summed E-state index contributed by atoms with van der Waals surface area (Å²) in [5.41, 5.74) is 2.93. The smallest absolute Gasteiger partial charge is 0.325 e. The maximum absolute atomic E-state index is 12.7. The van der Waals surface area contributed by atoms with Gasteiger partial charge in [0, 0.05) is 28.8 Å². The zero-order chi connectivity index (χ0) is 20.5. The number of amides is 1. The number of methoxy groups -OCH3 is 1. The van der Waals surface area contributed by atoms with Gasteiger partial charge in [0.25, 0.3) is 0 Å². The normalized spacial score (nSPS) is 17.7. The van der Waals surface area contributed by atoms with Gasteiger partial charge in [0.1, 0.15) is 6.54 Å². The molecule has 0 saturated heterocycles. The lowest BCUT2D eigenvalue weighted by Gasteiger charge is -2.10. The molecule has 29 heavy (non-hydrogen) atoms. The zero-order valence-corrected chi connectivity index (χ0v) is 16.3. The molecule has 0 bridgehead atoms. The number of carbonyl (C=O) groups excluding carboxylic acids is 3. The van der Waals surface area contributed by atoms with E-state index in [4.69, 9.17) is 4.74 Å². The van der Waals surface area contributed by atoms with Crippen LogP contribution in [-0.4, -0.2) is 29.3 Å². The summed E-state index contributed by atoms with van der Waals surface area (Å²) in [5.74, 6) is -0.384. The number of fused-ring (bicyclic) bond motifs is 1. The van der Waals surface area contributed by atoms with Crippen molar-refractivity contribution in [2.24, 2.45) is 5.92 Å². The van der Waals surface area contributed by atoms with E-state index < -0.39 is 0 Å². The first-order valence-corrected chi connectivity index (χ1v) is 9.54. The minimum atomic E-state index is -0.384. The summed E-state index contributed by atoms with van der Waals surface area (Å²) in [6, 6.07) is 15.3. The minimum absolute atomic E-state index is 0.0352. The van der Waals surface area contributed by atoms with E-state index >= 15 is 0 Å². The number of carbonyl (C=O) groups is 3. The largest absolute Gasteiger partial charge is 0.468 e. The molecule has 1 saturated carbocycles. The van der Waals surface area contributed by atoms with Crippen LogP contribution >= 0.6 is 0 Å². The van der Waals surface area contributed by atoms with Gasteiger partial charge in [-0.25, -0.2) is 0 Å². The number of aromatic nitrogens is 1. The predicted octanol–water partition coefficient (Wildman–Crippen LogP) is 3.76. The number of Topliss-reactive ketones (excluding diaryl/α,β-unsaturated/α-hetero) is 1. The topological polar surface area (TPSA) is 77.4 Å². The van der Waals surface area contributed by atoms with Gasteiger partial charge >= 0.3 is 5.97 Å². The second-order valence-corrected chi connectivity index (χ2v) is 7.38. The Morgan fingerprint density at radius 1 is 1.14 bits per heavy atom. The highest BCUT2D eigenvalue weighted by molar-refractivity contribution is 6.09. The van der Waals surface area contributed by atoms with Crippen LogP contribution in [0.25, 0.3) is 10.9 Å². The van der Waals surface area contributed by atoms with E-state index in [0.717, 1.165) is 11.8 Å². The standard InChI is InChI=1S/C23H22N2O4/c1-14(26)18-10-16(11-21-17(18)8-9-25(21)13-22(27)29-2)24-23(28)20-12-19(20)15-6-4-3-5-7-15/h3-11,19-20H,12-13H2,1-2H3,(H,24,28). The average Bonchev–Trinajstić information content (AvgIpc) is 3.44. The lowest BCUT2D eigenvalue weighted by atomic mass is 10.1. The summed E-state index contributed by atoms with van der Waals surface area (Å²) < 4.78 is 6.46. The van der Waals surface area contributed by atoms with E-state index in [0.29, 0.717) is 16.8 Å². The van der Waals surface area contributed by atoms with Crippen LogP contribution in [0.2, 0.25) is 0 Å². The zero-order valence-electron chi connectivity index (χ0n) is 16.3. The molecule has 3 aromatic rings. The van der Waals surface area contributed by atoms with Gasteiger partial charge in [-0.15, -0.1) is 0 Å². The van der Waals surface area contributed by atoms with Crippen LogP contribution < -0.4 is 5.32 Å². The number of rotatable bonds is 6. The molecule has 1 heterocycles. The van der Waals surface area contributed by atoms with Crippen molar-refractivity contribution in [3.63, 3.8) is 0 Å². The molecule has 0 radical (unpaired) electrons. The number of ether oxygens (including phenoxy) is 1. The van der Waals surface area contributed by atoms with Crippen molar-refractivity contribution >= 4 is 34.3 Å². The molecule has 148 valence electrons. The first-order chi connectivity index (χ1) is 14.0. The van der Waals surface area contributed by atoms with Crippen molar-refractivity contribution in [1.82, 2.24) is 4.57 Å². The molecule has 1 aliphatic rings. The number of ketones is 1. The Kier molecular flexibility index (Phi) is 4.92. The summed E-state index contributed by atoms with van der Waals surface area (Å²) in [4.78, 5) is 36.6. The second-order valence-electron chi connectivity index (χ2n) is 7.38. The third-order valence-electron chi connectivity index (χ3n) is 5.42. The molecule has 2 aromatic carbocycles. The van der Waals surface area contributed by atoms with E-state index in [1.54, 1.807) is 29.0 Å². The number of esters is 1. The molecule has 2 atom stereocenters. The number of nitrogens with zero attached hydrogens (tertiary/aromatic N) is 1. The van der Waals surface area contributed by atoms with Crippen molar-refractivity contribution in [2.45, 2.75) is 25.8 Å². The molecular weight excluding hydrogens is 368 g/mol. The maximum Gasteiger partial charge on any atom is 0.325 e. The second kappa shape index (κ2) is 7.54. The molecule has 0 aliphatic heterocycles. The van der Waals surface area contributed by atoms with Crippen molar-refractivity contribution < 1.29 is 19.1 Å². The number of anilines is 1. The highest BCUT2D eigenvalue weighted by atomic mass is 16.5. The highest BCUT2D eigenvalue weighted by Crippen LogP contribution is 2.48. The van der Waals surface area contributed by atoms with Gasteiger partial charge in [-0.05, 0) is 43.0 Å². The predicted molar refractivity (Wildman–Crippen MR) is 110 cm³/mol. The van der Waals surface area contributed by atoms with Crippen LogP contribution in [-0.2, 0) is 20.9 Å². The van der Waals surface area contributed by atoms with Gasteiger partial charge < -0.3 is 14.6 Å². The van der Waals surface area contributed by atoms with Crippen molar-refractivity contribution in [1.29, 1.82) is 0 Å². The average molecular weight is 390 g/mol. The number of hydrogen-bond acceptors (Lipinski definition) is 4. The Morgan fingerprint density at radius 3 is 2.59 bits per heavy atom. The summed E-state index contributed by atoms with van der Waals surface area (Å²) in [7, 11) is 1.33. The van der Waals surface area contributed by atoms with E-state index in [2.05, 4.69) is 5.32 Å². The lowest BCUT2D eigenvalue weighted by Crippen LogP contribution is -2.15. The third kappa shape index (κ3) is 3.78. The fraction of sp³-hybridized carbons (Fsp3) is 0.261. The summed E-state index contributed by atoms with van der Waals surface area (Å²) >= 11 is 0. The van der Waals surface area contributed by atoms with Gasteiger partial charge in [0.15, 0.2) is 5.78 Å². The Morgan fingerprint density at radius 2 is 1.90 bits per heavy atom. The minimum Gasteiger partial charge on any atom is -0.468 e. The van der Waals surface area contributed by atoms with Gasteiger partial charge in [-0.1, -0.05) is 30.3 Å². The molecular formula is C23H22N2O4. The first kappa shape index (κ1) is 18.9. The Bertz CT molecular complexity index is 1100. The molecule has 1 aromatic heterocycles. The van der Waals surface area contributed by atoms with Crippen LogP contribution in [0.1, 0.15) is 35.2 Å². The van der Waals surface area contributed by atoms with Crippen LogP contribution in [0.4, 0.5) is 5.69 Å².